The van der Waals surface area contributed by atoms with Gasteiger partial charge in [0.1, 0.15) is 0 Å². The Morgan fingerprint density at radius 3 is 1.83 bits per heavy atom. The molecule has 122 valence electrons. The van der Waals surface area contributed by atoms with Gasteiger partial charge in [-0.1, -0.05) is 0 Å². The fourth-order valence-electron chi connectivity index (χ4n) is 4.48. The van der Waals surface area contributed by atoms with Gasteiger partial charge < -0.3 is 4.74 Å². The molecule has 2 fully saturated rings. The third-order valence-electron chi connectivity index (χ3n) is 5.79. The fourth-order valence-corrected chi connectivity index (χ4v) is 4.48. The number of hydrogen-bond donors (Lipinski definition) is 0. The number of methoxy groups -OCH3 is 1. The van der Waals surface area contributed by atoms with Crippen molar-refractivity contribution >= 4 is 0 Å². The summed E-state index contributed by atoms with van der Waals surface area (Å²) >= 11 is 0. The third kappa shape index (κ3) is 5.06. The first-order valence-corrected chi connectivity index (χ1v) is 8.56. The van der Waals surface area contributed by atoms with Crippen LogP contribution in [0.25, 0.3) is 0 Å². The standard InChI is InChI=1S/C19H25F2O.Y/c1-22-19-8-6-14(7-9-19)13-2-4-15(5-3-13)16-10-17(20)12-18(21)11-16;/h10-11,13-15,19H,2-9H2,1H3;/q-1;+3. The second-order valence-electron chi connectivity index (χ2n) is 6.99. The molecule has 1 aromatic rings. The smallest absolute Gasteiger partial charge is 0.381 e. The molecule has 2 aliphatic carbocycles. The Morgan fingerprint density at radius 2 is 1.35 bits per heavy atom. The van der Waals surface area contributed by atoms with Gasteiger partial charge in [0, 0.05) is 18.7 Å². The third-order valence-corrected chi connectivity index (χ3v) is 5.79. The first-order chi connectivity index (χ1) is 10.7. The number of hydrogen-bond acceptors (Lipinski definition) is 1. The maximum absolute atomic E-state index is 13.3. The van der Waals surface area contributed by atoms with Crippen LogP contribution >= 0.6 is 0 Å². The van der Waals surface area contributed by atoms with Crippen molar-refractivity contribution in [3.63, 3.8) is 0 Å². The Hall–Kier alpha value is 0.144. The largest absolute Gasteiger partial charge is 3.00 e. The molecule has 2 saturated carbocycles. The van der Waals surface area contributed by atoms with Crippen LogP contribution in [-0.2, 0) is 37.4 Å². The monoisotopic (exact) mass is 396 g/mol. The molecular weight excluding hydrogens is 371 g/mol. The average molecular weight is 396 g/mol. The van der Waals surface area contributed by atoms with Gasteiger partial charge in [-0.05, 0) is 69.1 Å². The van der Waals surface area contributed by atoms with Crippen molar-refractivity contribution in [3.05, 3.63) is 35.4 Å². The van der Waals surface area contributed by atoms with Crippen LogP contribution in [-0.4, -0.2) is 13.2 Å². The van der Waals surface area contributed by atoms with Gasteiger partial charge in [-0.25, -0.2) is 8.78 Å². The van der Waals surface area contributed by atoms with E-state index < -0.39 is 11.6 Å². The molecule has 0 bridgehead atoms. The summed E-state index contributed by atoms with van der Waals surface area (Å²) in [5.41, 5.74) is 0.815. The van der Waals surface area contributed by atoms with Gasteiger partial charge in [-0.2, -0.15) is 0 Å². The van der Waals surface area contributed by atoms with Gasteiger partial charge in [-0.15, -0.1) is 23.8 Å². The zero-order valence-electron chi connectivity index (χ0n) is 13.9. The van der Waals surface area contributed by atoms with Crippen LogP contribution < -0.4 is 0 Å². The van der Waals surface area contributed by atoms with Crippen molar-refractivity contribution in [1.29, 1.82) is 0 Å². The molecule has 0 heterocycles. The van der Waals surface area contributed by atoms with Crippen LogP contribution in [0, 0.1) is 29.5 Å². The summed E-state index contributed by atoms with van der Waals surface area (Å²) in [5, 5.41) is 0. The van der Waals surface area contributed by atoms with Crippen molar-refractivity contribution < 1.29 is 46.2 Å². The zero-order valence-corrected chi connectivity index (χ0v) is 16.7. The van der Waals surface area contributed by atoms with E-state index in [9.17, 15) is 8.78 Å². The van der Waals surface area contributed by atoms with Gasteiger partial charge in [0.25, 0.3) is 0 Å². The van der Waals surface area contributed by atoms with Gasteiger partial charge >= 0.3 is 32.7 Å². The van der Waals surface area contributed by atoms with Crippen molar-refractivity contribution in [2.75, 3.05) is 7.11 Å². The summed E-state index contributed by atoms with van der Waals surface area (Å²) in [6.45, 7) is 0. The molecule has 0 radical (unpaired) electrons. The summed E-state index contributed by atoms with van der Waals surface area (Å²) in [5.74, 6) is 0.777. The number of halogens is 2. The van der Waals surface area contributed by atoms with E-state index in [2.05, 4.69) is 6.07 Å². The first kappa shape index (κ1) is 19.5. The second kappa shape index (κ2) is 9.01. The van der Waals surface area contributed by atoms with Crippen molar-refractivity contribution in [3.8, 4) is 0 Å². The predicted octanol–water partition coefficient (Wildman–Crippen LogP) is 5.24. The minimum Gasteiger partial charge on any atom is -0.381 e. The second-order valence-corrected chi connectivity index (χ2v) is 6.99. The van der Waals surface area contributed by atoms with E-state index >= 15 is 0 Å². The average Bonchev–Trinajstić information content (AvgIpc) is 2.54. The Kier molecular flexibility index (Phi) is 7.63. The summed E-state index contributed by atoms with van der Waals surface area (Å²) in [6.07, 6.45) is 9.87. The van der Waals surface area contributed by atoms with Crippen molar-refractivity contribution in [2.24, 2.45) is 11.8 Å². The Labute approximate surface area is 163 Å². The predicted molar refractivity (Wildman–Crippen MR) is 82.6 cm³/mol. The molecule has 0 aromatic heterocycles. The van der Waals surface area contributed by atoms with Crippen LogP contribution in [0.5, 0.6) is 0 Å². The molecule has 0 atom stereocenters. The van der Waals surface area contributed by atoms with Gasteiger partial charge in [0.2, 0.25) is 0 Å². The molecular formula is C19H25F2OY+2. The van der Waals surface area contributed by atoms with Crippen LogP contribution in [0.3, 0.4) is 0 Å². The molecule has 0 amide bonds. The molecule has 4 heteroatoms. The summed E-state index contributed by atoms with van der Waals surface area (Å²) in [7, 11) is 1.81. The van der Waals surface area contributed by atoms with Crippen LogP contribution in [0.2, 0.25) is 0 Å². The van der Waals surface area contributed by atoms with Crippen molar-refractivity contribution in [1.82, 2.24) is 0 Å². The van der Waals surface area contributed by atoms with E-state index in [-0.39, 0.29) is 32.7 Å². The summed E-state index contributed by atoms with van der Waals surface area (Å²) in [6, 6.07) is 4.99. The van der Waals surface area contributed by atoms with E-state index in [0.29, 0.717) is 12.0 Å². The SMILES string of the molecule is COC1CCC(C2CCC(c3cc(F)[c-]c(F)c3)CC2)CC1.[Y+3]. The molecule has 0 N–H and O–H groups in total. The quantitative estimate of drug-likeness (QED) is 0.635. The van der Waals surface area contributed by atoms with Gasteiger partial charge in [0.05, 0.1) is 6.10 Å². The zero-order chi connectivity index (χ0) is 15.5. The maximum atomic E-state index is 13.3. The molecule has 0 saturated heterocycles. The van der Waals surface area contributed by atoms with E-state index in [0.717, 1.165) is 30.2 Å². The molecule has 0 aliphatic heterocycles. The van der Waals surface area contributed by atoms with E-state index in [4.69, 9.17) is 4.74 Å². The Bertz CT molecular complexity index is 472. The van der Waals surface area contributed by atoms with Gasteiger partial charge in [-0.3, -0.25) is 0 Å². The number of ether oxygens (including phenoxy) is 1. The minimum atomic E-state index is -0.574. The molecule has 1 nitrogen and oxygen atoms in total. The fraction of sp³-hybridized carbons (Fsp3) is 0.684. The Morgan fingerprint density at radius 1 is 0.870 bits per heavy atom. The number of benzene rings is 1. The normalized spacial score (nSPS) is 31.4. The van der Waals surface area contributed by atoms with Crippen molar-refractivity contribution in [2.45, 2.75) is 63.4 Å². The molecule has 3 rings (SSSR count). The first-order valence-electron chi connectivity index (χ1n) is 8.56. The topological polar surface area (TPSA) is 9.23 Å². The summed E-state index contributed by atoms with van der Waals surface area (Å²) in [4.78, 5) is 0. The maximum Gasteiger partial charge on any atom is 3.00 e. The Balaban J connectivity index is 0.00000192. The van der Waals surface area contributed by atoms with Crippen LogP contribution in [0.15, 0.2) is 12.1 Å². The van der Waals surface area contributed by atoms with E-state index in [1.54, 1.807) is 0 Å². The molecule has 2 aliphatic rings. The van der Waals surface area contributed by atoms with E-state index in [1.165, 1.54) is 50.7 Å². The number of rotatable bonds is 3. The molecule has 23 heavy (non-hydrogen) atoms. The summed E-state index contributed by atoms with van der Waals surface area (Å²) < 4.78 is 32.1. The molecule has 0 spiro atoms. The van der Waals surface area contributed by atoms with Crippen LogP contribution in [0.1, 0.15) is 62.8 Å². The molecule has 0 unspecified atom stereocenters. The molecule has 1 aromatic carbocycles. The van der Waals surface area contributed by atoms with Gasteiger partial charge in [0.15, 0.2) is 0 Å². The van der Waals surface area contributed by atoms with E-state index in [1.807, 2.05) is 7.11 Å². The van der Waals surface area contributed by atoms with Crippen LogP contribution in [0.4, 0.5) is 8.78 Å². The minimum absolute atomic E-state index is 0.